The van der Waals surface area contributed by atoms with E-state index in [9.17, 15) is 9.59 Å². The van der Waals surface area contributed by atoms with E-state index in [2.05, 4.69) is 10.9 Å². The molecule has 0 radical (unpaired) electrons. The van der Waals surface area contributed by atoms with Gasteiger partial charge in [-0.3, -0.25) is 20.4 Å². The summed E-state index contributed by atoms with van der Waals surface area (Å²) in [6.45, 7) is 3.29. The molecule has 0 aliphatic rings. The van der Waals surface area contributed by atoms with E-state index in [1.165, 1.54) is 6.92 Å². The molecular weight excluding hydrogens is 391 g/mol. The van der Waals surface area contributed by atoms with Crippen molar-refractivity contribution in [2.75, 3.05) is 0 Å². The highest BCUT2D eigenvalue weighted by molar-refractivity contribution is 6.42. The smallest absolute Gasteiger partial charge is 0.305 e. The van der Waals surface area contributed by atoms with E-state index in [1.54, 1.807) is 31.2 Å². The number of rotatable bonds is 4. The van der Waals surface area contributed by atoms with Crippen LogP contribution in [0.3, 0.4) is 0 Å². The van der Waals surface area contributed by atoms with E-state index in [1.807, 2.05) is 18.2 Å². The van der Waals surface area contributed by atoms with Gasteiger partial charge in [-0.15, -0.1) is 0 Å². The Balaban J connectivity index is 1.63. The number of carbonyl (C=O) groups excluding carboxylic acids is 2. The maximum absolute atomic E-state index is 12.3. The topological polar surface area (TPSA) is 80.6 Å². The molecule has 3 rings (SSSR count). The first-order chi connectivity index (χ1) is 12.9. The van der Waals surface area contributed by atoms with Gasteiger partial charge in [-0.2, -0.15) is 0 Å². The molecular formula is C19H16Cl2N2O4. The molecule has 1 aromatic heterocycles. The van der Waals surface area contributed by atoms with Crippen LogP contribution in [0.5, 0.6) is 5.75 Å². The third kappa shape index (κ3) is 4.02. The summed E-state index contributed by atoms with van der Waals surface area (Å²) >= 11 is 12.0. The van der Waals surface area contributed by atoms with Crippen LogP contribution in [0.1, 0.15) is 23.0 Å². The fourth-order valence-electron chi connectivity index (χ4n) is 2.49. The summed E-state index contributed by atoms with van der Waals surface area (Å²) in [6.07, 6.45) is -0.918. The lowest BCUT2D eigenvalue weighted by Gasteiger charge is -2.16. The molecule has 0 saturated carbocycles. The van der Waals surface area contributed by atoms with Crippen molar-refractivity contribution in [1.82, 2.24) is 10.9 Å². The normalized spacial score (nSPS) is 11.9. The molecule has 2 amide bonds. The Hall–Kier alpha value is -2.70. The van der Waals surface area contributed by atoms with E-state index in [0.29, 0.717) is 16.2 Å². The zero-order valence-electron chi connectivity index (χ0n) is 14.5. The van der Waals surface area contributed by atoms with Crippen molar-refractivity contribution in [1.29, 1.82) is 0 Å². The Kier molecular flexibility index (Phi) is 5.58. The average molecular weight is 407 g/mol. The number of amides is 2. The number of ether oxygens (including phenoxy) is 1. The Morgan fingerprint density at radius 3 is 2.56 bits per heavy atom. The van der Waals surface area contributed by atoms with Crippen LogP contribution in [0, 0.1) is 6.92 Å². The van der Waals surface area contributed by atoms with Gasteiger partial charge in [0, 0.05) is 10.9 Å². The first-order valence-electron chi connectivity index (χ1n) is 8.07. The number of nitrogens with one attached hydrogen (secondary N) is 2. The van der Waals surface area contributed by atoms with E-state index in [0.717, 1.165) is 5.39 Å². The number of aryl methyl sites for hydroxylation is 1. The van der Waals surface area contributed by atoms with Crippen LogP contribution < -0.4 is 15.6 Å². The minimum absolute atomic E-state index is 0.128. The first-order valence-corrected chi connectivity index (χ1v) is 8.83. The molecule has 27 heavy (non-hydrogen) atoms. The van der Waals surface area contributed by atoms with Gasteiger partial charge in [0.1, 0.15) is 16.4 Å². The van der Waals surface area contributed by atoms with Gasteiger partial charge in [-0.25, -0.2) is 0 Å². The van der Waals surface area contributed by atoms with Gasteiger partial charge in [0.05, 0.1) is 5.02 Å². The average Bonchev–Trinajstić information content (AvgIpc) is 3.00. The lowest BCUT2D eigenvalue weighted by Crippen LogP contribution is -2.47. The monoisotopic (exact) mass is 406 g/mol. The molecule has 6 nitrogen and oxygen atoms in total. The van der Waals surface area contributed by atoms with Gasteiger partial charge in [-0.1, -0.05) is 47.5 Å². The number of hydrazine groups is 1. The summed E-state index contributed by atoms with van der Waals surface area (Å²) in [5, 5.41) is 1.36. The number of benzene rings is 2. The van der Waals surface area contributed by atoms with Crippen LogP contribution in [-0.4, -0.2) is 17.9 Å². The van der Waals surface area contributed by atoms with Gasteiger partial charge in [-0.05, 0) is 32.0 Å². The minimum atomic E-state index is -0.918. The van der Waals surface area contributed by atoms with Gasteiger partial charge < -0.3 is 9.15 Å². The van der Waals surface area contributed by atoms with Crippen molar-refractivity contribution in [2.24, 2.45) is 0 Å². The predicted octanol–water partition coefficient (Wildman–Crippen LogP) is 4.28. The first kappa shape index (κ1) is 19.1. The Bertz CT molecular complexity index is 1020. The van der Waals surface area contributed by atoms with Crippen molar-refractivity contribution in [3.8, 4) is 5.75 Å². The molecule has 0 fully saturated rings. The van der Waals surface area contributed by atoms with Crippen molar-refractivity contribution >= 4 is 46.0 Å². The highest BCUT2D eigenvalue weighted by Crippen LogP contribution is 2.32. The highest BCUT2D eigenvalue weighted by atomic mass is 35.5. The molecule has 0 bridgehead atoms. The van der Waals surface area contributed by atoms with Gasteiger partial charge in [0.15, 0.2) is 11.9 Å². The van der Waals surface area contributed by atoms with Gasteiger partial charge in [0.25, 0.3) is 5.91 Å². The Morgan fingerprint density at radius 1 is 1.07 bits per heavy atom. The fourth-order valence-corrected chi connectivity index (χ4v) is 2.82. The molecule has 8 heteroatoms. The standard InChI is InChI=1S/C19H16Cl2N2O4/c1-10-12-6-3-4-8-14(12)27-17(10)19(25)23-22-18(24)11(2)26-15-9-5-7-13(20)16(15)21/h3-9,11H,1-2H3,(H,22,24)(H,23,25). The number of fused-ring (bicyclic) bond motifs is 1. The van der Waals surface area contributed by atoms with Crippen molar-refractivity contribution < 1.29 is 18.7 Å². The molecule has 3 aromatic rings. The minimum Gasteiger partial charge on any atom is -0.479 e. The SMILES string of the molecule is Cc1c(C(=O)NNC(=O)C(C)Oc2cccc(Cl)c2Cl)oc2ccccc12. The number of para-hydroxylation sites is 1. The summed E-state index contributed by atoms with van der Waals surface area (Å²) in [5.74, 6) is -0.729. The van der Waals surface area contributed by atoms with Gasteiger partial charge >= 0.3 is 5.91 Å². The maximum atomic E-state index is 12.3. The van der Waals surface area contributed by atoms with Crippen LogP contribution in [0.15, 0.2) is 46.9 Å². The highest BCUT2D eigenvalue weighted by Gasteiger charge is 2.21. The van der Waals surface area contributed by atoms with E-state index >= 15 is 0 Å². The summed E-state index contributed by atoms with van der Waals surface area (Å²) in [6, 6.07) is 12.1. The molecule has 1 heterocycles. The molecule has 0 spiro atoms. The second-order valence-electron chi connectivity index (χ2n) is 5.81. The van der Waals surface area contributed by atoms with Crippen LogP contribution in [0.4, 0.5) is 0 Å². The van der Waals surface area contributed by atoms with Gasteiger partial charge in [0.2, 0.25) is 0 Å². The largest absolute Gasteiger partial charge is 0.479 e. The Labute approximate surface area is 165 Å². The summed E-state index contributed by atoms with van der Waals surface area (Å²) in [7, 11) is 0. The quantitative estimate of drug-likeness (QED) is 0.633. The molecule has 0 saturated heterocycles. The lowest BCUT2D eigenvalue weighted by atomic mass is 10.1. The third-order valence-electron chi connectivity index (χ3n) is 3.94. The zero-order chi connectivity index (χ0) is 19.6. The molecule has 0 aliphatic heterocycles. The summed E-state index contributed by atoms with van der Waals surface area (Å²) in [4.78, 5) is 24.5. The van der Waals surface area contributed by atoms with Crippen molar-refractivity contribution in [3.63, 3.8) is 0 Å². The third-order valence-corrected chi connectivity index (χ3v) is 4.74. The number of halogens is 2. The maximum Gasteiger partial charge on any atom is 0.305 e. The van der Waals surface area contributed by atoms with Crippen LogP contribution in [-0.2, 0) is 4.79 Å². The van der Waals surface area contributed by atoms with E-state index < -0.39 is 17.9 Å². The fraction of sp³-hybridized carbons (Fsp3) is 0.158. The number of furan rings is 1. The summed E-state index contributed by atoms with van der Waals surface area (Å²) in [5.41, 5.74) is 5.91. The van der Waals surface area contributed by atoms with Crippen LogP contribution in [0.2, 0.25) is 10.0 Å². The number of hydrogen-bond donors (Lipinski definition) is 2. The summed E-state index contributed by atoms with van der Waals surface area (Å²) < 4.78 is 11.0. The lowest BCUT2D eigenvalue weighted by molar-refractivity contribution is -0.128. The van der Waals surface area contributed by atoms with E-state index in [4.69, 9.17) is 32.4 Å². The second kappa shape index (κ2) is 7.90. The van der Waals surface area contributed by atoms with Crippen molar-refractivity contribution in [2.45, 2.75) is 20.0 Å². The molecule has 140 valence electrons. The second-order valence-corrected chi connectivity index (χ2v) is 6.59. The van der Waals surface area contributed by atoms with Crippen LogP contribution in [0.25, 0.3) is 11.0 Å². The molecule has 2 aromatic carbocycles. The Morgan fingerprint density at radius 2 is 1.81 bits per heavy atom. The molecule has 1 unspecified atom stereocenters. The number of carbonyl (C=O) groups is 2. The molecule has 1 atom stereocenters. The van der Waals surface area contributed by atoms with Crippen molar-refractivity contribution in [3.05, 3.63) is 63.8 Å². The molecule has 0 aliphatic carbocycles. The zero-order valence-corrected chi connectivity index (χ0v) is 16.0. The predicted molar refractivity (Wildman–Crippen MR) is 103 cm³/mol. The molecule has 2 N–H and O–H groups in total. The van der Waals surface area contributed by atoms with Crippen LogP contribution >= 0.6 is 23.2 Å². The van der Waals surface area contributed by atoms with E-state index in [-0.39, 0.29) is 16.5 Å². The number of hydrogen-bond acceptors (Lipinski definition) is 4.